The van der Waals surface area contributed by atoms with Crippen LogP contribution in [0.2, 0.25) is 0 Å². The predicted molar refractivity (Wildman–Crippen MR) is 60.8 cm³/mol. The molecule has 94 valence electrons. The van der Waals surface area contributed by atoms with E-state index in [1.807, 2.05) is 0 Å². The number of carboxylic acids is 1. The van der Waals surface area contributed by atoms with Crippen molar-refractivity contribution in [1.29, 1.82) is 0 Å². The van der Waals surface area contributed by atoms with Crippen LogP contribution in [-0.2, 0) is 4.79 Å². The number of hydrogen-bond acceptors (Lipinski definition) is 4. The molecule has 1 unspecified atom stereocenters. The minimum atomic E-state index is -1.23. The van der Waals surface area contributed by atoms with Gasteiger partial charge >= 0.3 is 5.97 Å². The molecule has 3 N–H and O–H groups in total. The lowest BCUT2D eigenvalue weighted by Gasteiger charge is -2.24. The third kappa shape index (κ3) is 4.05. The van der Waals surface area contributed by atoms with Crippen molar-refractivity contribution in [3.8, 4) is 5.75 Å². The van der Waals surface area contributed by atoms with E-state index in [0.29, 0.717) is 11.3 Å². The van der Waals surface area contributed by atoms with Crippen molar-refractivity contribution >= 4 is 5.97 Å². The van der Waals surface area contributed by atoms with E-state index in [1.165, 1.54) is 13.8 Å². The number of hydrogen-bond donors (Lipinski definition) is 3. The van der Waals surface area contributed by atoms with Gasteiger partial charge in [0, 0.05) is 0 Å². The number of aliphatic hydroxyl groups is 2. The van der Waals surface area contributed by atoms with Crippen molar-refractivity contribution in [2.75, 3.05) is 6.61 Å². The van der Waals surface area contributed by atoms with Gasteiger partial charge in [0.1, 0.15) is 11.9 Å². The van der Waals surface area contributed by atoms with Crippen LogP contribution >= 0.6 is 0 Å². The highest BCUT2D eigenvalue weighted by Gasteiger charge is 2.25. The lowest BCUT2D eigenvalue weighted by molar-refractivity contribution is -0.139. The van der Waals surface area contributed by atoms with Crippen LogP contribution in [0.1, 0.15) is 25.5 Å². The molecule has 1 rings (SSSR count). The Hall–Kier alpha value is -1.59. The molecular formula is C12H16O5. The Balaban J connectivity index is 2.71. The molecule has 0 aliphatic rings. The topological polar surface area (TPSA) is 87.0 Å². The molecule has 1 atom stereocenters. The molecule has 0 radical (unpaired) electrons. The Kier molecular flexibility index (Phi) is 4.09. The molecule has 0 saturated heterocycles. The van der Waals surface area contributed by atoms with Crippen LogP contribution in [-0.4, -0.2) is 33.5 Å². The van der Waals surface area contributed by atoms with E-state index in [0.717, 1.165) is 0 Å². The standard InChI is InChI=1S/C12H16O5/c1-12(2,16)11(15)8-3-5-9(6-4-8)17-7-10(13)14/h3-6,11,15-16H,7H2,1-2H3,(H,13,14). The van der Waals surface area contributed by atoms with Gasteiger partial charge in [0.15, 0.2) is 6.61 Å². The fourth-order valence-electron chi connectivity index (χ4n) is 1.30. The molecule has 0 fully saturated rings. The summed E-state index contributed by atoms with van der Waals surface area (Å²) >= 11 is 0. The summed E-state index contributed by atoms with van der Waals surface area (Å²) in [5.41, 5.74) is -0.691. The van der Waals surface area contributed by atoms with E-state index in [1.54, 1.807) is 24.3 Å². The van der Waals surface area contributed by atoms with Gasteiger partial charge in [0.05, 0.1) is 5.60 Å². The first kappa shape index (κ1) is 13.5. The summed E-state index contributed by atoms with van der Waals surface area (Å²) in [6, 6.07) is 6.26. The van der Waals surface area contributed by atoms with Gasteiger partial charge in [-0.15, -0.1) is 0 Å². The number of rotatable bonds is 5. The first-order valence-electron chi connectivity index (χ1n) is 5.15. The van der Waals surface area contributed by atoms with Crippen molar-refractivity contribution in [3.63, 3.8) is 0 Å². The molecular weight excluding hydrogens is 224 g/mol. The number of carboxylic acid groups (broad SMARTS) is 1. The van der Waals surface area contributed by atoms with Gasteiger partial charge in [0.25, 0.3) is 0 Å². The highest BCUT2D eigenvalue weighted by Crippen LogP contribution is 2.26. The molecule has 0 aliphatic carbocycles. The third-order valence-corrected chi connectivity index (χ3v) is 2.23. The zero-order valence-corrected chi connectivity index (χ0v) is 9.75. The number of ether oxygens (including phenoxy) is 1. The zero-order chi connectivity index (χ0) is 13.1. The second kappa shape index (κ2) is 5.16. The second-order valence-corrected chi connectivity index (χ2v) is 4.31. The van der Waals surface area contributed by atoms with E-state index in [2.05, 4.69) is 0 Å². The maximum Gasteiger partial charge on any atom is 0.341 e. The smallest absolute Gasteiger partial charge is 0.341 e. The van der Waals surface area contributed by atoms with E-state index in [9.17, 15) is 15.0 Å². The maximum absolute atomic E-state index is 10.3. The number of benzene rings is 1. The number of aliphatic hydroxyl groups excluding tert-OH is 1. The minimum absolute atomic E-state index is 0.402. The quantitative estimate of drug-likeness (QED) is 0.713. The van der Waals surface area contributed by atoms with Gasteiger partial charge in [-0.1, -0.05) is 12.1 Å². The van der Waals surface area contributed by atoms with Crippen LogP contribution in [0.15, 0.2) is 24.3 Å². The summed E-state index contributed by atoms with van der Waals surface area (Å²) in [5.74, 6) is -0.648. The van der Waals surface area contributed by atoms with Gasteiger partial charge in [-0.3, -0.25) is 0 Å². The Morgan fingerprint density at radius 2 is 1.88 bits per heavy atom. The van der Waals surface area contributed by atoms with Gasteiger partial charge in [-0.2, -0.15) is 0 Å². The Bertz CT molecular complexity index is 377. The largest absolute Gasteiger partial charge is 0.482 e. The van der Waals surface area contributed by atoms with Gasteiger partial charge in [-0.05, 0) is 31.5 Å². The molecule has 0 heterocycles. The van der Waals surface area contributed by atoms with Gasteiger partial charge < -0.3 is 20.1 Å². The van der Waals surface area contributed by atoms with Crippen LogP contribution in [0.4, 0.5) is 0 Å². The van der Waals surface area contributed by atoms with E-state index in [-0.39, 0.29) is 0 Å². The van der Waals surface area contributed by atoms with Crippen LogP contribution in [0.3, 0.4) is 0 Å². The first-order chi connectivity index (χ1) is 7.80. The minimum Gasteiger partial charge on any atom is -0.482 e. The van der Waals surface area contributed by atoms with Crippen molar-refractivity contribution in [2.45, 2.75) is 25.6 Å². The van der Waals surface area contributed by atoms with Gasteiger partial charge in [-0.25, -0.2) is 4.79 Å². The molecule has 0 aliphatic heterocycles. The van der Waals surface area contributed by atoms with Crippen molar-refractivity contribution in [1.82, 2.24) is 0 Å². The second-order valence-electron chi connectivity index (χ2n) is 4.31. The lowest BCUT2D eigenvalue weighted by atomic mass is 9.95. The van der Waals surface area contributed by atoms with Crippen molar-refractivity contribution in [2.24, 2.45) is 0 Å². The average molecular weight is 240 g/mol. The molecule has 17 heavy (non-hydrogen) atoms. The van der Waals surface area contributed by atoms with Crippen LogP contribution in [0, 0.1) is 0 Å². The number of aliphatic carboxylic acids is 1. The first-order valence-corrected chi connectivity index (χ1v) is 5.15. The molecule has 0 aromatic heterocycles. The van der Waals surface area contributed by atoms with Crippen LogP contribution < -0.4 is 4.74 Å². The molecule has 0 amide bonds. The summed E-state index contributed by atoms with van der Waals surface area (Å²) in [6.45, 7) is 2.60. The van der Waals surface area contributed by atoms with Crippen LogP contribution in [0.5, 0.6) is 5.75 Å². The Morgan fingerprint density at radius 1 is 1.35 bits per heavy atom. The molecule has 0 spiro atoms. The summed E-state index contributed by atoms with van der Waals surface area (Å²) in [4.78, 5) is 10.3. The summed E-state index contributed by atoms with van der Waals surface area (Å²) in [5, 5.41) is 27.8. The molecule has 5 heteroatoms. The third-order valence-electron chi connectivity index (χ3n) is 2.23. The molecule has 0 bridgehead atoms. The molecule has 0 saturated carbocycles. The van der Waals surface area contributed by atoms with E-state index < -0.39 is 24.3 Å². The van der Waals surface area contributed by atoms with E-state index in [4.69, 9.17) is 9.84 Å². The summed E-state index contributed by atoms with van der Waals surface area (Å²) in [7, 11) is 0. The summed E-state index contributed by atoms with van der Waals surface area (Å²) in [6.07, 6.45) is -1.00. The Morgan fingerprint density at radius 3 is 2.29 bits per heavy atom. The highest BCUT2D eigenvalue weighted by atomic mass is 16.5. The lowest BCUT2D eigenvalue weighted by Crippen LogP contribution is -2.28. The van der Waals surface area contributed by atoms with Crippen LogP contribution in [0.25, 0.3) is 0 Å². The predicted octanol–water partition coefficient (Wildman–Crippen LogP) is 0.954. The van der Waals surface area contributed by atoms with E-state index >= 15 is 0 Å². The van der Waals surface area contributed by atoms with Crippen molar-refractivity contribution < 1.29 is 24.9 Å². The fourth-order valence-corrected chi connectivity index (χ4v) is 1.30. The normalized spacial score (nSPS) is 13.2. The Labute approximate surface area is 99.3 Å². The maximum atomic E-state index is 10.3. The molecule has 1 aromatic carbocycles. The monoisotopic (exact) mass is 240 g/mol. The SMILES string of the molecule is CC(C)(O)C(O)c1ccc(OCC(=O)O)cc1. The molecule has 5 nitrogen and oxygen atoms in total. The highest BCUT2D eigenvalue weighted by molar-refractivity contribution is 5.68. The summed E-state index contributed by atoms with van der Waals surface area (Å²) < 4.78 is 4.94. The fraction of sp³-hybridized carbons (Fsp3) is 0.417. The average Bonchev–Trinajstić information content (AvgIpc) is 2.25. The van der Waals surface area contributed by atoms with Crippen molar-refractivity contribution in [3.05, 3.63) is 29.8 Å². The van der Waals surface area contributed by atoms with Gasteiger partial charge in [0.2, 0.25) is 0 Å². The number of carbonyl (C=O) groups is 1. The zero-order valence-electron chi connectivity index (χ0n) is 9.75. The molecule has 1 aromatic rings.